The second-order valence-corrected chi connectivity index (χ2v) is 6.11. The Morgan fingerprint density at radius 3 is 2.65 bits per heavy atom. The van der Waals surface area contributed by atoms with E-state index in [1.807, 2.05) is 54.6 Å². The summed E-state index contributed by atoms with van der Waals surface area (Å²) < 4.78 is 5.21. The number of fused-ring (bicyclic) bond motifs is 1. The van der Waals surface area contributed by atoms with Gasteiger partial charge in [-0.1, -0.05) is 65.3 Å². The minimum Gasteiger partial charge on any atom is -0.343 e. The lowest BCUT2D eigenvalue weighted by molar-refractivity contribution is 0.0948. The molecule has 4 aromatic rings. The smallest absolute Gasteiger partial charge is 0.252 e. The van der Waals surface area contributed by atoms with Gasteiger partial charge in [0, 0.05) is 11.1 Å². The number of rotatable bonds is 4. The van der Waals surface area contributed by atoms with Crippen LogP contribution in [0.1, 0.15) is 16.2 Å². The number of hydrogen-bond donors (Lipinski definition) is 1. The maximum atomic E-state index is 12.5. The summed E-state index contributed by atoms with van der Waals surface area (Å²) in [6.07, 6.45) is 0. The van der Waals surface area contributed by atoms with Crippen LogP contribution in [0, 0.1) is 0 Å². The molecule has 0 aliphatic carbocycles. The lowest BCUT2D eigenvalue weighted by atomic mass is 10.0. The maximum absolute atomic E-state index is 12.5. The molecule has 4 rings (SSSR count). The molecular formula is C20H14ClN3O2. The molecule has 0 aliphatic rings. The van der Waals surface area contributed by atoms with Crippen LogP contribution in [0.3, 0.4) is 0 Å². The molecule has 128 valence electrons. The lowest BCUT2D eigenvalue weighted by Gasteiger charge is -2.06. The zero-order chi connectivity index (χ0) is 17.9. The van der Waals surface area contributed by atoms with Gasteiger partial charge in [0.1, 0.15) is 0 Å². The molecule has 1 aromatic heterocycles. The first-order valence-electron chi connectivity index (χ1n) is 8.06. The Hall–Kier alpha value is -3.18. The average Bonchev–Trinajstić information content (AvgIpc) is 3.15. The molecule has 0 atom stereocenters. The molecule has 3 aromatic carbocycles. The molecule has 0 radical (unpaired) electrons. The summed E-state index contributed by atoms with van der Waals surface area (Å²) in [6, 6.07) is 20.6. The number of aromatic nitrogens is 2. The SMILES string of the molecule is O=C(NCc1nc(-c2ccccc2Cl)no1)c1cccc2ccccc12. The largest absolute Gasteiger partial charge is 0.343 e. The molecule has 26 heavy (non-hydrogen) atoms. The Kier molecular flexibility index (Phi) is 4.37. The van der Waals surface area contributed by atoms with Gasteiger partial charge < -0.3 is 9.84 Å². The van der Waals surface area contributed by atoms with Gasteiger partial charge in [-0.05, 0) is 29.0 Å². The molecule has 0 saturated heterocycles. The van der Waals surface area contributed by atoms with Crippen molar-refractivity contribution in [1.82, 2.24) is 15.5 Å². The van der Waals surface area contributed by atoms with E-state index < -0.39 is 0 Å². The van der Waals surface area contributed by atoms with Crippen LogP contribution in [0.4, 0.5) is 0 Å². The van der Waals surface area contributed by atoms with E-state index >= 15 is 0 Å². The van der Waals surface area contributed by atoms with E-state index in [2.05, 4.69) is 15.5 Å². The fourth-order valence-electron chi connectivity index (χ4n) is 2.75. The average molecular weight is 364 g/mol. The van der Waals surface area contributed by atoms with Crippen molar-refractivity contribution in [3.8, 4) is 11.4 Å². The summed E-state index contributed by atoms with van der Waals surface area (Å²) in [5.74, 6) is 0.512. The van der Waals surface area contributed by atoms with Crippen LogP contribution in [0.15, 0.2) is 71.3 Å². The predicted molar refractivity (Wildman–Crippen MR) is 99.9 cm³/mol. The van der Waals surface area contributed by atoms with Gasteiger partial charge in [-0.15, -0.1) is 0 Å². The van der Waals surface area contributed by atoms with Crippen LogP contribution in [0.25, 0.3) is 22.2 Å². The van der Waals surface area contributed by atoms with Crippen molar-refractivity contribution in [3.05, 3.63) is 83.2 Å². The van der Waals surface area contributed by atoms with Crippen molar-refractivity contribution in [2.24, 2.45) is 0 Å². The Balaban J connectivity index is 1.51. The zero-order valence-corrected chi connectivity index (χ0v) is 14.4. The maximum Gasteiger partial charge on any atom is 0.252 e. The standard InChI is InChI=1S/C20H14ClN3O2/c21-17-11-4-3-9-16(17)19-23-18(26-24-19)12-22-20(25)15-10-5-7-13-6-1-2-8-14(13)15/h1-11H,12H2,(H,22,25). The second-order valence-electron chi connectivity index (χ2n) is 5.70. The highest BCUT2D eigenvalue weighted by atomic mass is 35.5. The van der Waals surface area contributed by atoms with Crippen LogP contribution in [0.2, 0.25) is 5.02 Å². The highest BCUT2D eigenvalue weighted by Crippen LogP contribution is 2.25. The molecule has 5 nitrogen and oxygen atoms in total. The molecule has 0 bridgehead atoms. The van der Waals surface area contributed by atoms with Crippen LogP contribution in [0.5, 0.6) is 0 Å². The number of benzene rings is 3. The quantitative estimate of drug-likeness (QED) is 0.580. The molecule has 1 amide bonds. The van der Waals surface area contributed by atoms with Gasteiger partial charge in [0.25, 0.3) is 5.91 Å². The normalized spacial score (nSPS) is 10.8. The third-order valence-corrected chi connectivity index (χ3v) is 4.35. The van der Waals surface area contributed by atoms with E-state index in [0.29, 0.717) is 27.9 Å². The first kappa shape index (κ1) is 16.3. The summed E-state index contributed by atoms with van der Waals surface area (Å²) in [5, 5.41) is 9.20. The number of hydrogen-bond acceptors (Lipinski definition) is 4. The van der Waals surface area contributed by atoms with Crippen LogP contribution in [-0.2, 0) is 6.54 Å². The summed E-state index contributed by atoms with van der Waals surface area (Å²) in [4.78, 5) is 16.8. The van der Waals surface area contributed by atoms with Crippen molar-refractivity contribution in [2.75, 3.05) is 0 Å². The summed E-state index contributed by atoms with van der Waals surface area (Å²) in [7, 11) is 0. The van der Waals surface area contributed by atoms with Crippen molar-refractivity contribution >= 4 is 28.3 Å². The van der Waals surface area contributed by atoms with E-state index in [9.17, 15) is 4.79 Å². The van der Waals surface area contributed by atoms with Crippen molar-refractivity contribution < 1.29 is 9.32 Å². The first-order chi connectivity index (χ1) is 12.7. The van der Waals surface area contributed by atoms with E-state index in [0.717, 1.165) is 10.8 Å². The van der Waals surface area contributed by atoms with Crippen molar-refractivity contribution in [3.63, 3.8) is 0 Å². The van der Waals surface area contributed by atoms with E-state index in [1.165, 1.54) is 0 Å². The van der Waals surface area contributed by atoms with Gasteiger partial charge in [0.05, 0.1) is 11.6 Å². The number of amides is 1. The molecule has 6 heteroatoms. The van der Waals surface area contributed by atoms with Crippen molar-refractivity contribution in [1.29, 1.82) is 0 Å². The van der Waals surface area contributed by atoms with Gasteiger partial charge in [0.2, 0.25) is 11.7 Å². The van der Waals surface area contributed by atoms with Gasteiger partial charge >= 0.3 is 0 Å². The zero-order valence-electron chi connectivity index (χ0n) is 13.6. The minimum absolute atomic E-state index is 0.138. The minimum atomic E-state index is -0.195. The van der Waals surface area contributed by atoms with Crippen LogP contribution >= 0.6 is 11.6 Å². The van der Waals surface area contributed by atoms with Gasteiger partial charge in [-0.3, -0.25) is 4.79 Å². The van der Waals surface area contributed by atoms with E-state index in [4.69, 9.17) is 16.1 Å². The Morgan fingerprint density at radius 2 is 1.77 bits per heavy atom. The number of carbonyl (C=O) groups is 1. The van der Waals surface area contributed by atoms with Crippen LogP contribution < -0.4 is 5.32 Å². The molecular weight excluding hydrogens is 350 g/mol. The van der Waals surface area contributed by atoms with Gasteiger partial charge in [0.15, 0.2) is 0 Å². The highest BCUT2D eigenvalue weighted by Gasteiger charge is 2.14. The topological polar surface area (TPSA) is 68.0 Å². The van der Waals surface area contributed by atoms with Crippen LogP contribution in [-0.4, -0.2) is 16.0 Å². The monoisotopic (exact) mass is 363 g/mol. The van der Waals surface area contributed by atoms with Gasteiger partial charge in [-0.2, -0.15) is 4.98 Å². The third kappa shape index (κ3) is 3.17. The molecule has 0 saturated carbocycles. The number of carbonyl (C=O) groups excluding carboxylic acids is 1. The third-order valence-electron chi connectivity index (χ3n) is 4.02. The Morgan fingerprint density at radius 1 is 1.00 bits per heavy atom. The Bertz CT molecular complexity index is 1090. The molecule has 0 fully saturated rings. The van der Waals surface area contributed by atoms with E-state index in [-0.39, 0.29) is 12.5 Å². The number of halogens is 1. The fraction of sp³-hybridized carbons (Fsp3) is 0.0500. The predicted octanol–water partition coefficient (Wildman–Crippen LogP) is 4.47. The molecule has 1 heterocycles. The lowest BCUT2D eigenvalue weighted by Crippen LogP contribution is -2.23. The molecule has 0 aliphatic heterocycles. The summed E-state index contributed by atoms with van der Waals surface area (Å²) >= 11 is 6.14. The first-order valence-corrected chi connectivity index (χ1v) is 8.43. The van der Waals surface area contributed by atoms with E-state index in [1.54, 1.807) is 12.1 Å². The number of nitrogens with one attached hydrogen (secondary N) is 1. The summed E-state index contributed by atoms with van der Waals surface area (Å²) in [6.45, 7) is 0.138. The number of nitrogens with zero attached hydrogens (tertiary/aromatic N) is 2. The second kappa shape index (κ2) is 6.98. The Labute approximate surface area is 154 Å². The molecule has 0 spiro atoms. The molecule has 0 unspecified atom stereocenters. The highest BCUT2D eigenvalue weighted by molar-refractivity contribution is 6.33. The van der Waals surface area contributed by atoms with Gasteiger partial charge in [-0.25, -0.2) is 0 Å². The fourth-order valence-corrected chi connectivity index (χ4v) is 2.97. The summed E-state index contributed by atoms with van der Waals surface area (Å²) in [5.41, 5.74) is 1.29. The van der Waals surface area contributed by atoms with Crippen molar-refractivity contribution in [2.45, 2.75) is 6.54 Å². The molecule has 1 N–H and O–H groups in total.